The number of hydrogen-bond donors (Lipinski definition) is 0. The van der Waals surface area contributed by atoms with Crippen LogP contribution in [-0.2, 0) is 115 Å². The summed E-state index contributed by atoms with van der Waals surface area (Å²) in [7, 11) is 18.6. The van der Waals surface area contributed by atoms with Crippen molar-refractivity contribution in [3.05, 3.63) is 173 Å². The summed E-state index contributed by atoms with van der Waals surface area (Å²) in [4.78, 5) is 39.1. The molecular formula is C54H66N8Ni7O24. The van der Waals surface area contributed by atoms with Gasteiger partial charge >= 0.3 is 115 Å². The molecule has 0 saturated heterocycles. The number of aliphatic imine (C=N–C) groups is 6. The van der Waals surface area contributed by atoms with Crippen LogP contribution >= 0.6 is 0 Å². The van der Waals surface area contributed by atoms with Crippen molar-refractivity contribution in [3.8, 4) is 69.0 Å². The van der Waals surface area contributed by atoms with Gasteiger partial charge in [0.1, 0.15) is 34.5 Å². The second-order valence-corrected chi connectivity index (χ2v) is 14.0. The molecule has 0 spiro atoms. The topological polar surface area (TPSA) is 580 Å². The summed E-state index contributed by atoms with van der Waals surface area (Å²) in [6, 6.07) is 30.6. The van der Waals surface area contributed by atoms with Gasteiger partial charge in [0.25, 0.3) is 0 Å². The first kappa shape index (κ1) is 123. The van der Waals surface area contributed by atoms with Crippen molar-refractivity contribution in [2.24, 2.45) is 30.0 Å². The Kier molecular flexibility index (Phi) is 99.5. The molecule has 0 fully saturated rings. The SMILES string of the molecule is CN=Cc1cccc(OC)c1[O-].CN=Cc1cccc(OC)c1[O-].CN=Cc1cccc(OC)c1[O-].CN=Cc1cccc(OC)c1[O-].CN=Cc1cccc(OC)c1[O-].CN=Cc1cccc(OC)c1[O-].O=[N+]([O-])[O-].O=[N+]([O-])[O-].[Ni+2].[Ni+2].[Ni+2].[Ni+2].[Ni+2].[Ni+2].[Ni+2].[OH-].[OH-].[OH-].[OH-].[OH-].[OH-]. The Morgan fingerprint density at radius 1 is 0.269 bits per heavy atom. The molecule has 0 bridgehead atoms. The molecule has 0 aliphatic heterocycles. The van der Waals surface area contributed by atoms with Crippen LogP contribution < -0.4 is 59.1 Å². The molecule has 0 unspecified atom stereocenters. The third kappa shape index (κ3) is 50.8. The van der Waals surface area contributed by atoms with E-state index in [-0.39, 0.29) is 183 Å². The molecule has 39 heteroatoms. The van der Waals surface area contributed by atoms with Crippen LogP contribution in [0.5, 0.6) is 69.0 Å². The first-order valence-electron chi connectivity index (χ1n) is 22.4. The van der Waals surface area contributed by atoms with Gasteiger partial charge in [-0.3, -0.25) is 30.0 Å². The van der Waals surface area contributed by atoms with E-state index < -0.39 is 10.2 Å². The van der Waals surface area contributed by atoms with Gasteiger partial charge in [-0.2, -0.15) is 0 Å². The maximum atomic E-state index is 11.4. The summed E-state index contributed by atoms with van der Waals surface area (Å²) >= 11 is 0. The Bertz CT molecular complexity index is 2500. The average molecular weight is 1620 g/mol. The first-order chi connectivity index (χ1) is 38.2. The van der Waals surface area contributed by atoms with Crippen molar-refractivity contribution >= 4 is 37.3 Å². The Hall–Kier alpha value is -7.45. The quantitative estimate of drug-likeness (QED) is 0.0733. The molecule has 32 nitrogen and oxygen atoms in total. The van der Waals surface area contributed by atoms with E-state index in [1.807, 2.05) is 0 Å². The van der Waals surface area contributed by atoms with Crippen molar-refractivity contribution in [3.63, 3.8) is 0 Å². The molecule has 93 heavy (non-hydrogen) atoms. The molecular weight excluding hydrogens is 1560 g/mol. The van der Waals surface area contributed by atoms with Crippen LogP contribution in [0.1, 0.15) is 33.4 Å². The Balaban J connectivity index is -0.0000000574. The molecule has 6 rings (SSSR count). The molecule has 0 atom stereocenters. The zero-order valence-electron chi connectivity index (χ0n) is 50.7. The molecule has 6 N–H and O–H groups in total. The van der Waals surface area contributed by atoms with E-state index in [0.29, 0.717) is 67.9 Å². The van der Waals surface area contributed by atoms with Gasteiger partial charge in [-0.25, -0.2) is 0 Å². The zero-order chi connectivity index (χ0) is 61.0. The van der Waals surface area contributed by atoms with Gasteiger partial charge in [-0.15, -0.1) is 0 Å². The molecule has 536 valence electrons. The van der Waals surface area contributed by atoms with Gasteiger partial charge in [0, 0.05) is 79.6 Å². The minimum absolute atomic E-state index is 0. The third-order valence-electron chi connectivity index (χ3n) is 8.98. The average Bonchev–Trinajstić information content (AvgIpc) is 3.64. The summed E-state index contributed by atoms with van der Waals surface area (Å²) in [6.07, 6.45) is 9.11. The molecule has 0 amide bonds. The maximum absolute atomic E-state index is 11.4. The van der Waals surface area contributed by atoms with Crippen molar-refractivity contribution in [1.82, 2.24) is 0 Å². The largest absolute Gasteiger partial charge is 2.00 e. The van der Waals surface area contributed by atoms with Crippen LogP contribution in [0, 0.1) is 30.6 Å². The second-order valence-electron chi connectivity index (χ2n) is 14.0. The summed E-state index contributed by atoms with van der Waals surface area (Å²) in [5, 5.41) is 97.7. The van der Waals surface area contributed by atoms with E-state index in [1.54, 1.807) is 151 Å². The van der Waals surface area contributed by atoms with E-state index in [4.69, 9.17) is 59.1 Å². The summed E-state index contributed by atoms with van der Waals surface area (Å²) < 4.78 is 29.1. The number of nitrogens with zero attached hydrogens (tertiary/aromatic N) is 8. The van der Waals surface area contributed by atoms with E-state index in [1.165, 1.54) is 79.9 Å². The van der Waals surface area contributed by atoms with Gasteiger partial charge < -0.3 is 123 Å². The third-order valence-corrected chi connectivity index (χ3v) is 8.98. The predicted molar refractivity (Wildman–Crippen MR) is 308 cm³/mol. The second kappa shape index (κ2) is 75.3. The Labute approximate surface area is 607 Å². The zero-order valence-corrected chi connectivity index (χ0v) is 57.6. The van der Waals surface area contributed by atoms with Crippen LogP contribution in [0.15, 0.2) is 139 Å². The number of para-hydroxylation sites is 6. The number of hydrogen-bond acceptors (Lipinski definition) is 30. The number of benzene rings is 6. The van der Waals surface area contributed by atoms with Crippen LogP contribution in [0.2, 0.25) is 0 Å². The maximum Gasteiger partial charge on any atom is 2.00 e. The normalized spacial score (nSPS) is 8.65. The minimum atomic E-state index is -1.75. The van der Waals surface area contributed by atoms with Crippen molar-refractivity contribution in [2.75, 3.05) is 84.9 Å². The minimum Gasteiger partial charge on any atom is -0.870 e. The molecule has 0 radical (unpaired) electrons. The smallest absolute Gasteiger partial charge is 0.870 e. The fraction of sp³-hybridized carbons (Fsp3) is 0.222. The van der Waals surface area contributed by atoms with Crippen LogP contribution in [0.25, 0.3) is 0 Å². The van der Waals surface area contributed by atoms with E-state index in [9.17, 15) is 30.6 Å². The molecule has 0 aromatic heterocycles. The van der Waals surface area contributed by atoms with Gasteiger partial charge in [0.05, 0.1) is 52.8 Å². The predicted octanol–water partition coefficient (Wildman–Crippen LogP) is 3.35. The van der Waals surface area contributed by atoms with Crippen molar-refractivity contribution in [1.29, 1.82) is 0 Å². The van der Waals surface area contributed by atoms with E-state index in [0.717, 1.165) is 0 Å². The molecule has 6 aromatic carbocycles. The fourth-order valence-corrected chi connectivity index (χ4v) is 5.61. The standard InChI is InChI=1S/6C9H11NO2.2NO3.7Ni.6H2O/c6*1-10-6-7-4-3-5-8(12-2)9(7)11;2*2-1(3)4;;;;;;;;;;;;;/h6*3-6,11H,1-2H3;;;;;;;;;;6*1H2/q;;;;;;2*-1;7*+2;;;;;;/p-12. The monoisotopic (exact) mass is 1620 g/mol. The van der Waals surface area contributed by atoms with Gasteiger partial charge in [-0.05, 0) is 69.8 Å². The van der Waals surface area contributed by atoms with Gasteiger partial charge in [-0.1, -0.05) is 107 Å². The molecule has 0 aliphatic carbocycles. The molecule has 0 heterocycles. The Morgan fingerprint density at radius 3 is 0.441 bits per heavy atom. The van der Waals surface area contributed by atoms with Crippen LogP contribution in [-0.4, -0.2) is 165 Å². The molecule has 6 aromatic rings. The van der Waals surface area contributed by atoms with E-state index in [2.05, 4.69) is 30.0 Å². The summed E-state index contributed by atoms with van der Waals surface area (Å²) in [5.74, 6) is 1.41. The number of rotatable bonds is 12. The summed E-state index contributed by atoms with van der Waals surface area (Å²) in [6.45, 7) is 0. The molecule has 0 saturated carbocycles. The van der Waals surface area contributed by atoms with Gasteiger partial charge in [0.2, 0.25) is 0 Å². The fourth-order valence-electron chi connectivity index (χ4n) is 5.61. The van der Waals surface area contributed by atoms with Crippen LogP contribution in [0.3, 0.4) is 0 Å². The molecule has 0 aliphatic rings. The number of methoxy groups -OCH3 is 6. The van der Waals surface area contributed by atoms with Crippen molar-refractivity contribution in [2.45, 2.75) is 0 Å². The summed E-state index contributed by atoms with van der Waals surface area (Å²) in [5.41, 5.74) is 3.32. The first-order valence-corrected chi connectivity index (χ1v) is 22.4. The Morgan fingerprint density at radius 2 is 0.366 bits per heavy atom. The number of ether oxygens (including phenoxy) is 6. The van der Waals surface area contributed by atoms with Crippen molar-refractivity contribution < 1.29 is 218 Å². The van der Waals surface area contributed by atoms with Gasteiger partial charge in [0.15, 0.2) is 0 Å². The van der Waals surface area contributed by atoms with E-state index >= 15 is 0 Å². The van der Waals surface area contributed by atoms with Crippen LogP contribution in [0.4, 0.5) is 0 Å².